The van der Waals surface area contributed by atoms with Gasteiger partial charge in [-0.1, -0.05) is 65.2 Å². The van der Waals surface area contributed by atoms with Crippen molar-refractivity contribution >= 4 is 23.2 Å². The van der Waals surface area contributed by atoms with Gasteiger partial charge in [0.1, 0.15) is 11.5 Å². The van der Waals surface area contributed by atoms with Gasteiger partial charge in [0.15, 0.2) is 0 Å². The number of unbranched alkanes of at least 4 members (excludes halogenated alkanes) is 8. The molecule has 2 aromatic rings. The van der Waals surface area contributed by atoms with Crippen LogP contribution in [-0.2, 0) is 9.59 Å². The lowest BCUT2D eigenvalue weighted by Crippen LogP contribution is -2.14. The Morgan fingerprint density at radius 3 is 1.30 bits per heavy atom. The molecule has 37 heavy (non-hydrogen) atoms. The molecule has 0 aromatic heterocycles. The Morgan fingerprint density at radius 2 is 0.919 bits per heavy atom. The molecule has 6 heteroatoms. The number of amides is 2. The first kappa shape index (κ1) is 30.2. The van der Waals surface area contributed by atoms with E-state index in [2.05, 4.69) is 24.5 Å². The van der Waals surface area contributed by atoms with Gasteiger partial charge in [-0.25, -0.2) is 0 Å². The zero-order chi connectivity index (χ0) is 26.6. The Labute approximate surface area is 223 Å². The third kappa shape index (κ3) is 14.3. The number of anilines is 2. The largest absolute Gasteiger partial charge is 0.494 e. The fraction of sp³-hybridized carbons (Fsp3) is 0.548. The molecule has 2 rings (SSSR count). The average Bonchev–Trinajstić information content (AvgIpc) is 2.90. The van der Waals surface area contributed by atoms with Gasteiger partial charge in [-0.2, -0.15) is 0 Å². The van der Waals surface area contributed by atoms with Crippen LogP contribution in [0.2, 0.25) is 0 Å². The molecule has 204 valence electrons. The summed E-state index contributed by atoms with van der Waals surface area (Å²) in [7, 11) is 0. The van der Waals surface area contributed by atoms with Gasteiger partial charge >= 0.3 is 0 Å². The van der Waals surface area contributed by atoms with E-state index >= 15 is 0 Å². The number of hydrogen-bond donors (Lipinski definition) is 2. The summed E-state index contributed by atoms with van der Waals surface area (Å²) in [6, 6.07) is 14.9. The van der Waals surface area contributed by atoms with E-state index in [9.17, 15) is 9.59 Å². The minimum Gasteiger partial charge on any atom is -0.494 e. The lowest BCUT2D eigenvalue weighted by Gasteiger charge is -2.09. The minimum atomic E-state index is -0.103. The van der Waals surface area contributed by atoms with Crippen molar-refractivity contribution in [3.8, 4) is 11.5 Å². The normalized spacial score (nSPS) is 10.6. The Hall–Kier alpha value is -3.02. The van der Waals surface area contributed by atoms with E-state index < -0.39 is 0 Å². The standard InChI is InChI=1S/C31H46N2O4/c1-3-5-7-9-11-24-36-28-20-16-26(17-21-28)32-30(34)14-13-15-31(35)33-27-18-22-29(23-19-27)37-25-12-10-8-6-4-2/h16-23H,3-15,24-25H2,1-2H3,(H,32,34)(H,33,35). The highest BCUT2D eigenvalue weighted by Gasteiger charge is 2.07. The predicted molar refractivity (Wildman–Crippen MR) is 153 cm³/mol. The van der Waals surface area contributed by atoms with Crippen LogP contribution in [0, 0.1) is 0 Å². The van der Waals surface area contributed by atoms with Crippen LogP contribution >= 0.6 is 0 Å². The molecule has 2 aromatic carbocycles. The van der Waals surface area contributed by atoms with Crippen LogP contribution in [0.5, 0.6) is 11.5 Å². The Balaban J connectivity index is 1.57. The first-order valence-electron chi connectivity index (χ1n) is 14.2. The smallest absolute Gasteiger partial charge is 0.224 e. The zero-order valence-corrected chi connectivity index (χ0v) is 22.9. The minimum absolute atomic E-state index is 0.103. The van der Waals surface area contributed by atoms with E-state index in [4.69, 9.17) is 9.47 Å². The molecule has 0 heterocycles. The number of nitrogens with one attached hydrogen (secondary N) is 2. The molecule has 0 aliphatic rings. The van der Waals surface area contributed by atoms with Crippen molar-refractivity contribution in [3.05, 3.63) is 48.5 Å². The number of ether oxygens (including phenoxy) is 2. The lowest BCUT2D eigenvalue weighted by atomic mass is 10.2. The van der Waals surface area contributed by atoms with Crippen molar-refractivity contribution in [2.75, 3.05) is 23.8 Å². The van der Waals surface area contributed by atoms with Gasteiger partial charge in [-0.3, -0.25) is 9.59 Å². The summed E-state index contributed by atoms with van der Waals surface area (Å²) in [5.41, 5.74) is 1.46. The number of benzene rings is 2. The highest BCUT2D eigenvalue weighted by Crippen LogP contribution is 2.18. The molecule has 2 N–H and O–H groups in total. The molecule has 0 atom stereocenters. The highest BCUT2D eigenvalue weighted by atomic mass is 16.5. The average molecular weight is 511 g/mol. The van der Waals surface area contributed by atoms with Gasteiger partial charge in [-0.15, -0.1) is 0 Å². The summed E-state index contributed by atoms with van der Waals surface area (Å²) in [5, 5.41) is 5.76. The molecule has 0 radical (unpaired) electrons. The van der Waals surface area contributed by atoms with Gasteiger partial charge in [0.2, 0.25) is 11.8 Å². The topological polar surface area (TPSA) is 76.7 Å². The number of hydrogen-bond acceptors (Lipinski definition) is 4. The van der Waals surface area contributed by atoms with E-state index in [1.807, 2.05) is 48.5 Å². The van der Waals surface area contributed by atoms with Crippen LogP contribution in [-0.4, -0.2) is 25.0 Å². The van der Waals surface area contributed by atoms with Gasteiger partial charge in [0.05, 0.1) is 13.2 Å². The lowest BCUT2D eigenvalue weighted by molar-refractivity contribution is -0.117. The zero-order valence-electron chi connectivity index (χ0n) is 22.9. The number of rotatable bonds is 20. The van der Waals surface area contributed by atoms with Crippen molar-refractivity contribution in [2.45, 2.75) is 97.3 Å². The van der Waals surface area contributed by atoms with Crippen molar-refractivity contribution in [3.63, 3.8) is 0 Å². The molecular weight excluding hydrogens is 464 g/mol. The van der Waals surface area contributed by atoms with Crippen molar-refractivity contribution < 1.29 is 19.1 Å². The third-order valence-corrected chi connectivity index (χ3v) is 6.12. The van der Waals surface area contributed by atoms with Crippen LogP contribution in [0.1, 0.15) is 97.3 Å². The summed E-state index contributed by atoms with van der Waals surface area (Å²) < 4.78 is 11.5. The van der Waals surface area contributed by atoms with E-state index in [0.29, 0.717) is 19.6 Å². The second-order valence-electron chi connectivity index (χ2n) is 9.52. The second kappa shape index (κ2) is 19.1. The molecule has 0 aliphatic heterocycles. The summed E-state index contributed by atoms with van der Waals surface area (Å²) in [5.74, 6) is 1.42. The molecule has 0 spiro atoms. The van der Waals surface area contributed by atoms with Gasteiger partial charge < -0.3 is 20.1 Å². The first-order valence-corrected chi connectivity index (χ1v) is 14.2. The first-order chi connectivity index (χ1) is 18.1. The molecule has 0 bridgehead atoms. The maximum absolute atomic E-state index is 12.2. The monoisotopic (exact) mass is 510 g/mol. The van der Waals surface area contributed by atoms with E-state index in [1.165, 1.54) is 51.4 Å². The maximum atomic E-state index is 12.2. The summed E-state index contributed by atoms with van der Waals surface area (Å²) >= 11 is 0. The Morgan fingerprint density at radius 1 is 0.541 bits per heavy atom. The Bertz CT molecular complexity index is 808. The van der Waals surface area contributed by atoms with Crippen molar-refractivity contribution in [2.24, 2.45) is 0 Å². The summed E-state index contributed by atoms with van der Waals surface area (Å²) in [6.45, 7) is 5.85. The van der Waals surface area contributed by atoms with Crippen LogP contribution in [0.4, 0.5) is 11.4 Å². The van der Waals surface area contributed by atoms with Crippen LogP contribution < -0.4 is 20.1 Å². The van der Waals surface area contributed by atoms with Gasteiger partial charge in [0.25, 0.3) is 0 Å². The van der Waals surface area contributed by atoms with Crippen LogP contribution in [0.25, 0.3) is 0 Å². The fourth-order valence-electron chi connectivity index (χ4n) is 3.92. The van der Waals surface area contributed by atoms with Crippen molar-refractivity contribution in [1.29, 1.82) is 0 Å². The molecule has 6 nitrogen and oxygen atoms in total. The van der Waals surface area contributed by atoms with Gasteiger partial charge in [0, 0.05) is 24.2 Å². The SMILES string of the molecule is CCCCCCCOc1ccc(NC(=O)CCCC(=O)Nc2ccc(OCCCCCCC)cc2)cc1. The summed E-state index contributed by atoms with van der Waals surface area (Å²) in [6.07, 6.45) is 13.1. The number of carbonyl (C=O) groups excluding carboxylic acids is 2. The summed E-state index contributed by atoms with van der Waals surface area (Å²) in [4.78, 5) is 24.5. The van der Waals surface area contributed by atoms with E-state index in [1.54, 1.807) is 0 Å². The third-order valence-electron chi connectivity index (χ3n) is 6.12. The van der Waals surface area contributed by atoms with Crippen LogP contribution in [0.3, 0.4) is 0 Å². The molecule has 0 saturated heterocycles. The Kier molecular flexibility index (Phi) is 15.6. The quantitative estimate of drug-likeness (QED) is 0.176. The van der Waals surface area contributed by atoms with Crippen LogP contribution in [0.15, 0.2) is 48.5 Å². The number of carbonyl (C=O) groups is 2. The molecule has 0 aliphatic carbocycles. The van der Waals surface area contributed by atoms with Crippen molar-refractivity contribution in [1.82, 2.24) is 0 Å². The molecule has 0 saturated carbocycles. The van der Waals surface area contributed by atoms with E-state index in [0.717, 1.165) is 35.7 Å². The molecule has 0 unspecified atom stereocenters. The highest BCUT2D eigenvalue weighted by molar-refractivity contribution is 5.93. The van der Waals surface area contributed by atoms with E-state index in [-0.39, 0.29) is 24.7 Å². The molecule has 0 fully saturated rings. The second-order valence-corrected chi connectivity index (χ2v) is 9.52. The molecular formula is C31H46N2O4. The predicted octanol–water partition coefficient (Wildman–Crippen LogP) is 8.13. The fourth-order valence-corrected chi connectivity index (χ4v) is 3.92. The maximum Gasteiger partial charge on any atom is 0.224 e. The van der Waals surface area contributed by atoms with Gasteiger partial charge in [-0.05, 0) is 67.8 Å². The molecule has 2 amide bonds.